The molecule has 2 aromatic carbocycles. The lowest BCUT2D eigenvalue weighted by atomic mass is 10.1. The van der Waals surface area contributed by atoms with Gasteiger partial charge in [-0.2, -0.15) is 4.31 Å². The number of sulfonamides is 1. The Morgan fingerprint density at radius 2 is 1.94 bits per heavy atom. The van der Waals surface area contributed by atoms with Crippen molar-refractivity contribution in [1.82, 2.24) is 4.31 Å². The van der Waals surface area contributed by atoms with E-state index in [0.29, 0.717) is 22.9 Å². The van der Waals surface area contributed by atoms with Gasteiger partial charge in [0.15, 0.2) is 0 Å². The summed E-state index contributed by atoms with van der Waals surface area (Å²) in [6, 6.07) is 9.55. The van der Waals surface area contributed by atoms with Crippen molar-refractivity contribution in [2.45, 2.75) is 37.1 Å². The Labute approximate surface area is 198 Å². The van der Waals surface area contributed by atoms with Crippen LogP contribution in [0.5, 0.6) is 5.75 Å². The molecule has 2 aromatic rings. The van der Waals surface area contributed by atoms with Gasteiger partial charge in [0.2, 0.25) is 21.8 Å². The standard InChI is InChI=1S/C23H26ClN3O5S/c1-14-10-16-11-18(7-8-20(16)27(14)23(29)15-4-5-15)33(30,31)26(2)13-22(28)25-17-6-9-21(32-3)19(24)12-17/h6-9,11-12,14-15H,4-5,10,13H2,1-3H3,(H,25,28)/t14-/m1/s1. The van der Waals surface area contributed by atoms with Gasteiger partial charge in [0.25, 0.3) is 0 Å². The Morgan fingerprint density at radius 3 is 2.58 bits per heavy atom. The molecule has 1 fully saturated rings. The summed E-state index contributed by atoms with van der Waals surface area (Å²) in [5.41, 5.74) is 2.03. The molecule has 1 aliphatic carbocycles. The van der Waals surface area contributed by atoms with Crippen molar-refractivity contribution in [2.24, 2.45) is 5.92 Å². The van der Waals surface area contributed by atoms with Crippen LogP contribution in [0.25, 0.3) is 0 Å². The Hall–Kier alpha value is -2.62. The summed E-state index contributed by atoms with van der Waals surface area (Å²) in [4.78, 5) is 27.0. The molecule has 0 saturated heterocycles. The van der Waals surface area contributed by atoms with Gasteiger partial charge >= 0.3 is 0 Å². The van der Waals surface area contributed by atoms with Gasteiger partial charge in [-0.15, -0.1) is 0 Å². The number of amides is 2. The molecule has 4 rings (SSSR count). The number of fused-ring (bicyclic) bond motifs is 1. The molecular weight excluding hydrogens is 466 g/mol. The molecule has 0 bridgehead atoms. The Bertz CT molecular complexity index is 1210. The van der Waals surface area contributed by atoms with E-state index in [-0.39, 0.29) is 29.3 Å². The fourth-order valence-corrected chi connectivity index (χ4v) is 5.48. The van der Waals surface area contributed by atoms with Gasteiger partial charge in [-0.3, -0.25) is 9.59 Å². The normalized spacial score (nSPS) is 17.7. The fraction of sp³-hybridized carbons (Fsp3) is 0.391. The molecular formula is C23H26ClN3O5S. The number of methoxy groups -OCH3 is 1. The number of hydrogen-bond donors (Lipinski definition) is 1. The van der Waals surface area contributed by atoms with E-state index in [2.05, 4.69) is 5.32 Å². The lowest BCUT2D eigenvalue weighted by Gasteiger charge is -2.23. The highest BCUT2D eigenvalue weighted by molar-refractivity contribution is 7.89. The zero-order chi connectivity index (χ0) is 23.9. The number of anilines is 2. The molecule has 8 nitrogen and oxygen atoms in total. The molecule has 1 N–H and O–H groups in total. The van der Waals surface area contributed by atoms with Crippen molar-refractivity contribution in [2.75, 3.05) is 30.9 Å². The number of likely N-dealkylation sites (N-methyl/N-ethyl adjacent to an activating group) is 1. The van der Waals surface area contributed by atoms with E-state index in [9.17, 15) is 18.0 Å². The number of halogens is 1. The molecule has 0 radical (unpaired) electrons. The van der Waals surface area contributed by atoms with E-state index in [1.165, 1.54) is 26.3 Å². The zero-order valence-electron chi connectivity index (χ0n) is 18.7. The predicted octanol–water partition coefficient (Wildman–Crippen LogP) is 3.30. The first-order valence-electron chi connectivity index (χ1n) is 10.7. The second kappa shape index (κ2) is 8.96. The van der Waals surface area contributed by atoms with Crippen LogP contribution in [0.3, 0.4) is 0 Å². The fourth-order valence-electron chi connectivity index (χ4n) is 4.04. The van der Waals surface area contributed by atoms with Gasteiger partial charge in [0, 0.05) is 30.4 Å². The van der Waals surface area contributed by atoms with Crippen LogP contribution in [0.1, 0.15) is 25.3 Å². The van der Waals surface area contributed by atoms with Crippen molar-refractivity contribution in [3.8, 4) is 5.75 Å². The number of nitrogens with zero attached hydrogens (tertiary/aromatic N) is 2. The second-order valence-corrected chi connectivity index (χ2v) is 10.9. The van der Waals surface area contributed by atoms with E-state index >= 15 is 0 Å². The minimum Gasteiger partial charge on any atom is -0.495 e. The van der Waals surface area contributed by atoms with Gasteiger partial charge in [-0.05, 0) is 68.1 Å². The van der Waals surface area contributed by atoms with Crippen LogP contribution in [-0.4, -0.2) is 51.3 Å². The second-order valence-electron chi connectivity index (χ2n) is 8.48. The Kier molecular flexibility index (Phi) is 6.39. The maximum atomic E-state index is 13.1. The average Bonchev–Trinajstić information content (AvgIpc) is 3.55. The molecule has 33 heavy (non-hydrogen) atoms. The molecule has 2 aliphatic rings. The van der Waals surface area contributed by atoms with Crippen molar-refractivity contribution in [3.05, 3.63) is 47.0 Å². The summed E-state index contributed by atoms with van der Waals surface area (Å²) < 4.78 is 32.3. The quantitative estimate of drug-likeness (QED) is 0.641. The molecule has 0 aromatic heterocycles. The maximum Gasteiger partial charge on any atom is 0.243 e. The largest absolute Gasteiger partial charge is 0.495 e. The third-order valence-electron chi connectivity index (χ3n) is 5.94. The minimum atomic E-state index is -3.90. The molecule has 1 atom stereocenters. The van der Waals surface area contributed by atoms with Crippen LogP contribution in [-0.2, 0) is 26.0 Å². The summed E-state index contributed by atoms with van der Waals surface area (Å²) in [7, 11) is -1.06. The smallest absolute Gasteiger partial charge is 0.243 e. The van der Waals surface area contributed by atoms with Gasteiger partial charge in [0.1, 0.15) is 5.75 Å². The van der Waals surface area contributed by atoms with E-state index in [1.54, 1.807) is 29.2 Å². The van der Waals surface area contributed by atoms with Gasteiger partial charge < -0.3 is 15.0 Å². The van der Waals surface area contributed by atoms with Gasteiger partial charge in [0.05, 0.1) is 23.6 Å². The highest BCUT2D eigenvalue weighted by atomic mass is 35.5. The van der Waals surface area contributed by atoms with E-state index in [4.69, 9.17) is 16.3 Å². The SMILES string of the molecule is COc1ccc(NC(=O)CN(C)S(=O)(=O)c2ccc3c(c2)C[C@@H](C)N3C(=O)C2CC2)cc1Cl. The monoisotopic (exact) mass is 491 g/mol. The first-order valence-corrected chi connectivity index (χ1v) is 12.5. The molecule has 1 aliphatic heterocycles. The number of hydrogen-bond acceptors (Lipinski definition) is 5. The van der Waals surface area contributed by atoms with E-state index < -0.39 is 15.9 Å². The van der Waals surface area contributed by atoms with Crippen LogP contribution in [0.4, 0.5) is 11.4 Å². The summed E-state index contributed by atoms with van der Waals surface area (Å²) in [5, 5.41) is 2.97. The predicted molar refractivity (Wildman–Crippen MR) is 126 cm³/mol. The zero-order valence-corrected chi connectivity index (χ0v) is 20.2. The summed E-state index contributed by atoms with van der Waals surface area (Å²) in [5.74, 6) is 0.173. The highest BCUT2D eigenvalue weighted by Gasteiger charge is 2.40. The van der Waals surface area contributed by atoms with Crippen LogP contribution in [0, 0.1) is 5.92 Å². The highest BCUT2D eigenvalue weighted by Crippen LogP contribution is 2.39. The maximum absolute atomic E-state index is 13.1. The number of nitrogens with one attached hydrogen (secondary N) is 1. The number of carbonyl (C=O) groups excluding carboxylic acids is 2. The van der Waals surface area contributed by atoms with Gasteiger partial charge in [-0.25, -0.2) is 8.42 Å². The number of carbonyl (C=O) groups is 2. The topological polar surface area (TPSA) is 96.0 Å². The summed E-state index contributed by atoms with van der Waals surface area (Å²) in [6.45, 7) is 1.60. The molecule has 176 valence electrons. The minimum absolute atomic E-state index is 0.00844. The van der Waals surface area contributed by atoms with Crippen LogP contribution in [0.2, 0.25) is 5.02 Å². The van der Waals surface area contributed by atoms with E-state index in [1.807, 2.05) is 6.92 Å². The molecule has 0 spiro atoms. The average molecular weight is 492 g/mol. The Balaban J connectivity index is 1.46. The van der Waals surface area contributed by atoms with Crippen molar-refractivity contribution >= 4 is 44.8 Å². The molecule has 0 unspecified atom stereocenters. The Morgan fingerprint density at radius 1 is 1.21 bits per heavy atom. The first kappa shape index (κ1) is 23.5. The molecule has 1 heterocycles. The molecule has 10 heteroatoms. The number of benzene rings is 2. The van der Waals surface area contributed by atoms with Crippen LogP contribution < -0.4 is 15.0 Å². The summed E-state index contributed by atoms with van der Waals surface area (Å²) >= 11 is 6.07. The van der Waals surface area contributed by atoms with Gasteiger partial charge in [-0.1, -0.05) is 11.6 Å². The van der Waals surface area contributed by atoms with E-state index in [0.717, 1.165) is 28.4 Å². The third kappa shape index (κ3) is 4.71. The molecule has 2 amide bonds. The van der Waals surface area contributed by atoms with Crippen LogP contribution in [0.15, 0.2) is 41.3 Å². The van der Waals surface area contributed by atoms with Crippen molar-refractivity contribution in [1.29, 1.82) is 0 Å². The van der Waals surface area contributed by atoms with Crippen molar-refractivity contribution in [3.63, 3.8) is 0 Å². The first-order chi connectivity index (χ1) is 15.6. The lowest BCUT2D eigenvalue weighted by molar-refractivity contribution is -0.120. The lowest BCUT2D eigenvalue weighted by Crippen LogP contribution is -2.36. The number of rotatable bonds is 7. The van der Waals surface area contributed by atoms with Crippen molar-refractivity contribution < 1.29 is 22.7 Å². The molecule has 1 saturated carbocycles. The summed E-state index contributed by atoms with van der Waals surface area (Å²) in [6.07, 6.45) is 2.43. The van der Waals surface area contributed by atoms with Crippen LogP contribution >= 0.6 is 11.6 Å². The number of ether oxygens (including phenoxy) is 1. The third-order valence-corrected chi connectivity index (χ3v) is 8.04.